The highest BCUT2D eigenvalue weighted by molar-refractivity contribution is 6.22. The van der Waals surface area contributed by atoms with Gasteiger partial charge in [-0.2, -0.15) is 0 Å². The summed E-state index contributed by atoms with van der Waals surface area (Å²) in [6.07, 6.45) is 0. The zero-order valence-electron chi connectivity index (χ0n) is 31.4. The van der Waals surface area contributed by atoms with Gasteiger partial charge in [0, 0.05) is 39.1 Å². The van der Waals surface area contributed by atoms with Crippen molar-refractivity contribution in [2.75, 3.05) is 18.1 Å². The van der Waals surface area contributed by atoms with Gasteiger partial charge in [0.15, 0.2) is 0 Å². The van der Waals surface area contributed by atoms with Gasteiger partial charge >= 0.3 is 0 Å². The Hall–Kier alpha value is -7.27. The Morgan fingerprint density at radius 2 is 0.911 bits per heavy atom. The lowest BCUT2D eigenvalue weighted by Crippen LogP contribution is -2.06. The van der Waals surface area contributed by atoms with Crippen molar-refractivity contribution >= 4 is 44.3 Å². The summed E-state index contributed by atoms with van der Waals surface area (Å²) in [7, 11) is 1.50. The second-order valence-corrected chi connectivity index (χ2v) is 13.2. The summed E-state index contributed by atoms with van der Waals surface area (Å²) in [5, 5.41) is 16.6. The maximum absolute atomic E-state index is 8.69. The Balaban J connectivity index is 0.000000171. The van der Waals surface area contributed by atoms with Gasteiger partial charge in [0.1, 0.15) is 0 Å². The zero-order valence-corrected chi connectivity index (χ0v) is 31.4. The largest absolute Gasteiger partial charge is 0.398 e. The molecule has 9 aromatic carbocycles. The summed E-state index contributed by atoms with van der Waals surface area (Å²) in [5.74, 6) is 0. The fourth-order valence-electron chi connectivity index (χ4n) is 7.06. The van der Waals surface area contributed by atoms with E-state index in [9.17, 15) is 0 Å². The molecule has 0 radical (unpaired) electrons. The van der Waals surface area contributed by atoms with Crippen LogP contribution in [0.15, 0.2) is 212 Å². The third-order valence-electron chi connectivity index (χ3n) is 9.78. The van der Waals surface area contributed by atoms with Crippen molar-refractivity contribution < 1.29 is 0 Å². The second-order valence-electron chi connectivity index (χ2n) is 13.2. The Bertz CT molecular complexity index is 2680. The average Bonchev–Trinajstić information content (AvgIpc) is 3.28. The summed E-state index contributed by atoms with van der Waals surface area (Å²) < 4.78 is 0. The van der Waals surface area contributed by atoms with Crippen LogP contribution in [0.5, 0.6) is 0 Å². The van der Waals surface area contributed by atoms with Crippen molar-refractivity contribution in [2.45, 2.75) is 0 Å². The molecule has 0 bridgehead atoms. The number of nitrogen functional groups attached to an aromatic ring is 1. The van der Waals surface area contributed by atoms with Gasteiger partial charge in [-0.05, 0) is 69.2 Å². The predicted molar refractivity (Wildman–Crippen MR) is 241 cm³/mol. The van der Waals surface area contributed by atoms with E-state index in [-0.39, 0.29) is 0 Å². The van der Waals surface area contributed by atoms with Crippen molar-refractivity contribution in [1.29, 1.82) is 5.41 Å². The Morgan fingerprint density at radius 1 is 0.411 bits per heavy atom. The summed E-state index contributed by atoms with van der Waals surface area (Å²) in [6, 6.07) is 72.9. The SMILES string of the molecule is CN.N=C(c1ccc2ccccc2c1N)c1cccc2ccccc12.c1ccc(Nc2cccc(-c3ccc(-c4ccccc4)cc3)c2-c2ccccc2)cc1. The minimum absolute atomic E-state index is 0.463. The van der Waals surface area contributed by atoms with Crippen LogP contribution in [0.1, 0.15) is 11.1 Å². The number of fused-ring (bicyclic) bond motifs is 2. The third-order valence-corrected chi connectivity index (χ3v) is 9.78. The van der Waals surface area contributed by atoms with Crippen LogP contribution in [0.3, 0.4) is 0 Å². The number of para-hydroxylation sites is 1. The van der Waals surface area contributed by atoms with Crippen molar-refractivity contribution in [2.24, 2.45) is 5.73 Å². The first-order valence-electron chi connectivity index (χ1n) is 18.7. The molecule has 6 N–H and O–H groups in total. The minimum Gasteiger partial charge on any atom is -0.398 e. The molecule has 0 fully saturated rings. The quantitative estimate of drug-likeness (QED) is 0.0975. The van der Waals surface area contributed by atoms with Gasteiger partial charge in [-0.3, -0.25) is 5.41 Å². The molecule has 0 unspecified atom stereocenters. The van der Waals surface area contributed by atoms with Crippen LogP contribution in [0.4, 0.5) is 17.1 Å². The molecule has 0 saturated heterocycles. The average molecular weight is 725 g/mol. The first-order valence-corrected chi connectivity index (χ1v) is 18.7. The summed E-state index contributed by atoms with van der Waals surface area (Å²) in [4.78, 5) is 0. The number of nitrogens with two attached hydrogens (primary N) is 2. The van der Waals surface area contributed by atoms with Crippen LogP contribution in [-0.4, -0.2) is 12.8 Å². The molecule has 0 spiro atoms. The number of hydrogen-bond donors (Lipinski definition) is 4. The van der Waals surface area contributed by atoms with E-state index in [0.717, 1.165) is 44.0 Å². The van der Waals surface area contributed by atoms with Gasteiger partial charge in [0.05, 0.1) is 5.71 Å². The van der Waals surface area contributed by atoms with Gasteiger partial charge in [-0.15, -0.1) is 0 Å². The Labute approximate surface area is 329 Å². The van der Waals surface area contributed by atoms with Gasteiger partial charge in [-0.25, -0.2) is 0 Å². The highest BCUT2D eigenvalue weighted by atomic mass is 14.9. The maximum atomic E-state index is 8.69. The van der Waals surface area contributed by atoms with Crippen molar-refractivity contribution in [3.8, 4) is 33.4 Å². The van der Waals surface area contributed by atoms with Crippen LogP contribution >= 0.6 is 0 Å². The van der Waals surface area contributed by atoms with E-state index in [4.69, 9.17) is 11.1 Å². The first kappa shape index (κ1) is 37.1. The van der Waals surface area contributed by atoms with E-state index < -0.39 is 0 Å². The molecular weight excluding hydrogens is 681 g/mol. The monoisotopic (exact) mass is 724 g/mol. The molecule has 4 heteroatoms. The lowest BCUT2D eigenvalue weighted by molar-refractivity contribution is 1.48. The second kappa shape index (κ2) is 17.7. The zero-order chi connectivity index (χ0) is 38.7. The molecule has 56 heavy (non-hydrogen) atoms. The van der Waals surface area contributed by atoms with Crippen molar-refractivity contribution in [3.05, 3.63) is 223 Å². The molecule has 0 aliphatic rings. The predicted octanol–water partition coefficient (Wildman–Crippen LogP) is 13.0. The van der Waals surface area contributed by atoms with Crippen LogP contribution < -0.4 is 16.8 Å². The fraction of sp³-hybridized carbons (Fsp3) is 0.0192. The van der Waals surface area contributed by atoms with Crippen LogP contribution in [0, 0.1) is 5.41 Å². The molecule has 0 amide bonds. The minimum atomic E-state index is 0.463. The van der Waals surface area contributed by atoms with Crippen molar-refractivity contribution in [3.63, 3.8) is 0 Å². The van der Waals surface area contributed by atoms with Gasteiger partial charge in [-0.1, -0.05) is 194 Å². The summed E-state index contributed by atoms with van der Waals surface area (Å²) >= 11 is 0. The normalized spacial score (nSPS) is 10.5. The molecule has 0 aliphatic heterocycles. The van der Waals surface area contributed by atoms with E-state index in [0.29, 0.717) is 11.4 Å². The molecular formula is C52H44N4. The number of anilines is 3. The molecule has 9 aromatic rings. The Morgan fingerprint density at radius 3 is 1.59 bits per heavy atom. The van der Waals surface area contributed by atoms with Gasteiger partial charge in [0.2, 0.25) is 0 Å². The highest BCUT2D eigenvalue weighted by Crippen LogP contribution is 2.39. The molecule has 0 atom stereocenters. The van der Waals surface area contributed by atoms with Crippen LogP contribution in [0.25, 0.3) is 54.9 Å². The number of hydrogen-bond acceptors (Lipinski definition) is 4. The van der Waals surface area contributed by atoms with Crippen LogP contribution in [-0.2, 0) is 0 Å². The standard InChI is InChI=1S/C30H23N.C21H16N2.CH5N/c1-4-11-23(12-5-1)24-19-21-25(22-20-24)28-17-10-18-29(31-27-15-8-3-9-16-27)30(28)26-13-6-2-7-14-26;22-20-17-10-4-2-7-15(17)12-13-19(20)21(23)18-11-5-8-14-6-1-3-9-16(14)18;1-2/h1-22,31H;1-13,23H,22H2;2H2,1H3. The van der Waals surface area contributed by atoms with E-state index in [1.165, 1.54) is 40.4 Å². The van der Waals surface area contributed by atoms with E-state index in [1.54, 1.807) is 0 Å². The van der Waals surface area contributed by atoms with E-state index in [1.807, 2.05) is 66.7 Å². The Kier molecular flexibility index (Phi) is 11.7. The molecule has 0 aromatic heterocycles. The van der Waals surface area contributed by atoms with E-state index in [2.05, 4.69) is 157 Å². The first-order chi connectivity index (χ1) is 27.6. The van der Waals surface area contributed by atoms with Gasteiger partial charge in [0.25, 0.3) is 0 Å². The molecule has 9 rings (SSSR count). The molecule has 0 aliphatic carbocycles. The van der Waals surface area contributed by atoms with Crippen molar-refractivity contribution in [1.82, 2.24) is 0 Å². The lowest BCUT2D eigenvalue weighted by Gasteiger charge is -2.17. The smallest absolute Gasteiger partial charge is 0.0711 e. The molecule has 4 nitrogen and oxygen atoms in total. The summed E-state index contributed by atoms with van der Waals surface area (Å²) in [6.45, 7) is 0. The third kappa shape index (κ3) is 8.12. The van der Waals surface area contributed by atoms with Crippen LogP contribution in [0.2, 0.25) is 0 Å². The van der Waals surface area contributed by atoms with E-state index >= 15 is 0 Å². The fourth-order valence-corrected chi connectivity index (χ4v) is 7.06. The van der Waals surface area contributed by atoms with Gasteiger partial charge < -0.3 is 16.8 Å². The number of benzene rings is 9. The number of rotatable bonds is 7. The summed E-state index contributed by atoms with van der Waals surface area (Å²) in [5.41, 5.74) is 23.1. The lowest BCUT2D eigenvalue weighted by atomic mass is 9.92. The highest BCUT2D eigenvalue weighted by Gasteiger charge is 2.15. The molecule has 0 heterocycles. The topological polar surface area (TPSA) is 87.9 Å². The molecule has 272 valence electrons. The molecule has 0 saturated carbocycles. The maximum Gasteiger partial charge on any atom is 0.0711 e. The number of nitrogens with one attached hydrogen (secondary N) is 2.